The van der Waals surface area contributed by atoms with Gasteiger partial charge in [0, 0.05) is 36.6 Å². The van der Waals surface area contributed by atoms with E-state index in [1.807, 2.05) is 12.3 Å². The van der Waals surface area contributed by atoms with Crippen LogP contribution in [0.4, 0.5) is 5.69 Å². The third-order valence-electron chi connectivity index (χ3n) is 3.47. The highest BCUT2D eigenvalue weighted by Crippen LogP contribution is 2.18. The van der Waals surface area contributed by atoms with Gasteiger partial charge < -0.3 is 15.2 Å². The predicted molar refractivity (Wildman–Crippen MR) is 87.3 cm³/mol. The molecule has 4 heteroatoms. The summed E-state index contributed by atoms with van der Waals surface area (Å²) in [7, 11) is 4.16. The lowest BCUT2D eigenvalue weighted by atomic mass is 10.2. The number of rotatable bonds is 5. The molecule has 0 aliphatic heterocycles. The number of nitrogens with zero attached hydrogens (tertiary/aromatic N) is 2. The molecule has 0 aliphatic rings. The van der Waals surface area contributed by atoms with E-state index in [-0.39, 0.29) is 0 Å². The van der Waals surface area contributed by atoms with E-state index in [2.05, 4.69) is 64.6 Å². The Bertz CT molecular complexity index is 713. The lowest BCUT2D eigenvalue weighted by Crippen LogP contribution is -2.10. The maximum absolute atomic E-state index is 4.31. The average Bonchev–Trinajstić information content (AvgIpc) is 2.89. The summed E-state index contributed by atoms with van der Waals surface area (Å²) < 4.78 is 0. The summed E-state index contributed by atoms with van der Waals surface area (Å²) in [6, 6.07) is 12.7. The Morgan fingerprint density at radius 2 is 1.95 bits per heavy atom. The molecule has 0 atom stereocenters. The normalized spacial score (nSPS) is 11.2. The van der Waals surface area contributed by atoms with Gasteiger partial charge in [-0.1, -0.05) is 12.1 Å². The molecule has 108 valence electrons. The van der Waals surface area contributed by atoms with Crippen LogP contribution in [-0.4, -0.2) is 29.0 Å². The molecule has 3 aromatic rings. The standard InChI is InChI=1S/C17H20N4/c1-21(2)12-13-5-7-15(8-6-13)19-10-14-11-20-17-16(14)4-3-9-18-17/h3-9,11,19H,10,12H2,1-2H3,(H,18,20). The van der Waals surface area contributed by atoms with E-state index in [9.17, 15) is 0 Å². The van der Waals surface area contributed by atoms with E-state index in [1.54, 1.807) is 6.20 Å². The largest absolute Gasteiger partial charge is 0.381 e. The Morgan fingerprint density at radius 1 is 1.14 bits per heavy atom. The number of anilines is 1. The minimum Gasteiger partial charge on any atom is -0.381 e. The van der Waals surface area contributed by atoms with Crippen molar-refractivity contribution in [2.75, 3.05) is 19.4 Å². The van der Waals surface area contributed by atoms with E-state index in [4.69, 9.17) is 0 Å². The molecule has 0 spiro atoms. The third kappa shape index (κ3) is 3.23. The summed E-state index contributed by atoms with van der Waals surface area (Å²) in [5.41, 5.74) is 4.63. The molecule has 3 rings (SSSR count). The number of hydrogen-bond donors (Lipinski definition) is 2. The molecule has 0 radical (unpaired) electrons. The number of fused-ring (bicyclic) bond motifs is 1. The first-order valence-corrected chi connectivity index (χ1v) is 7.11. The smallest absolute Gasteiger partial charge is 0.137 e. The zero-order valence-electron chi connectivity index (χ0n) is 12.4. The van der Waals surface area contributed by atoms with Crippen molar-refractivity contribution in [3.05, 3.63) is 59.9 Å². The van der Waals surface area contributed by atoms with E-state index in [0.717, 1.165) is 24.4 Å². The summed E-state index contributed by atoms with van der Waals surface area (Å²) in [5.74, 6) is 0. The highest BCUT2D eigenvalue weighted by molar-refractivity contribution is 5.79. The van der Waals surface area contributed by atoms with Crippen LogP contribution in [0.3, 0.4) is 0 Å². The van der Waals surface area contributed by atoms with E-state index in [1.165, 1.54) is 16.5 Å². The first-order valence-electron chi connectivity index (χ1n) is 7.11. The van der Waals surface area contributed by atoms with Crippen LogP contribution < -0.4 is 5.32 Å². The topological polar surface area (TPSA) is 44.0 Å². The molecule has 0 amide bonds. The quantitative estimate of drug-likeness (QED) is 0.754. The Kier molecular flexibility index (Phi) is 3.88. The molecule has 21 heavy (non-hydrogen) atoms. The number of benzene rings is 1. The van der Waals surface area contributed by atoms with Crippen molar-refractivity contribution in [1.29, 1.82) is 0 Å². The van der Waals surface area contributed by atoms with Crippen LogP contribution >= 0.6 is 0 Å². The summed E-state index contributed by atoms with van der Waals surface area (Å²) in [6.07, 6.45) is 3.82. The van der Waals surface area contributed by atoms with Gasteiger partial charge in [-0.15, -0.1) is 0 Å². The van der Waals surface area contributed by atoms with Gasteiger partial charge in [-0.05, 0) is 49.5 Å². The average molecular weight is 280 g/mol. The van der Waals surface area contributed by atoms with Crippen LogP contribution in [0, 0.1) is 0 Å². The highest BCUT2D eigenvalue weighted by Gasteiger charge is 2.03. The first kappa shape index (κ1) is 13.6. The number of pyridine rings is 1. The van der Waals surface area contributed by atoms with Gasteiger partial charge in [0.1, 0.15) is 5.65 Å². The summed E-state index contributed by atoms with van der Waals surface area (Å²) >= 11 is 0. The molecule has 4 nitrogen and oxygen atoms in total. The third-order valence-corrected chi connectivity index (χ3v) is 3.47. The SMILES string of the molecule is CN(C)Cc1ccc(NCc2c[nH]c3ncccc23)cc1. The fourth-order valence-electron chi connectivity index (χ4n) is 2.45. The summed E-state index contributed by atoms with van der Waals surface area (Å²) in [6.45, 7) is 1.76. The van der Waals surface area contributed by atoms with Crippen molar-refractivity contribution < 1.29 is 0 Å². The molecule has 2 heterocycles. The fourth-order valence-corrected chi connectivity index (χ4v) is 2.45. The lowest BCUT2D eigenvalue weighted by molar-refractivity contribution is 0.402. The zero-order valence-corrected chi connectivity index (χ0v) is 12.4. The van der Waals surface area contributed by atoms with Gasteiger partial charge in [-0.25, -0.2) is 4.98 Å². The van der Waals surface area contributed by atoms with Crippen molar-refractivity contribution in [1.82, 2.24) is 14.9 Å². The Balaban J connectivity index is 1.67. The molecular weight excluding hydrogens is 260 g/mol. The Labute approximate surface area is 124 Å². The molecule has 0 unspecified atom stereocenters. The number of hydrogen-bond acceptors (Lipinski definition) is 3. The van der Waals surface area contributed by atoms with Gasteiger partial charge in [-0.3, -0.25) is 0 Å². The molecule has 0 fully saturated rings. The monoisotopic (exact) mass is 280 g/mol. The second-order valence-electron chi connectivity index (χ2n) is 5.50. The van der Waals surface area contributed by atoms with Crippen molar-refractivity contribution in [2.45, 2.75) is 13.1 Å². The van der Waals surface area contributed by atoms with Gasteiger partial charge in [0.15, 0.2) is 0 Å². The first-order chi connectivity index (χ1) is 10.2. The molecule has 0 saturated carbocycles. The zero-order chi connectivity index (χ0) is 14.7. The van der Waals surface area contributed by atoms with Gasteiger partial charge in [-0.2, -0.15) is 0 Å². The number of aromatic amines is 1. The van der Waals surface area contributed by atoms with Crippen molar-refractivity contribution in [3.8, 4) is 0 Å². The summed E-state index contributed by atoms with van der Waals surface area (Å²) in [5, 5.41) is 4.63. The molecule has 0 aliphatic carbocycles. The van der Waals surface area contributed by atoms with Crippen LogP contribution in [-0.2, 0) is 13.1 Å². The fraction of sp³-hybridized carbons (Fsp3) is 0.235. The van der Waals surface area contributed by atoms with Crippen LogP contribution in [0.5, 0.6) is 0 Å². The van der Waals surface area contributed by atoms with Gasteiger partial charge in [0.05, 0.1) is 0 Å². The van der Waals surface area contributed by atoms with Crippen molar-refractivity contribution in [3.63, 3.8) is 0 Å². The van der Waals surface area contributed by atoms with E-state index >= 15 is 0 Å². The van der Waals surface area contributed by atoms with E-state index < -0.39 is 0 Å². The summed E-state index contributed by atoms with van der Waals surface area (Å²) in [4.78, 5) is 9.67. The maximum Gasteiger partial charge on any atom is 0.137 e. The predicted octanol–water partition coefficient (Wildman–Crippen LogP) is 3.24. The van der Waals surface area contributed by atoms with Crippen molar-refractivity contribution >= 4 is 16.7 Å². The minimum absolute atomic E-state index is 0.790. The van der Waals surface area contributed by atoms with Crippen molar-refractivity contribution in [2.24, 2.45) is 0 Å². The molecule has 0 saturated heterocycles. The number of aromatic nitrogens is 2. The Morgan fingerprint density at radius 3 is 2.71 bits per heavy atom. The van der Waals surface area contributed by atoms with Gasteiger partial charge >= 0.3 is 0 Å². The second kappa shape index (κ2) is 5.97. The van der Waals surface area contributed by atoms with Crippen LogP contribution in [0.15, 0.2) is 48.8 Å². The lowest BCUT2D eigenvalue weighted by Gasteiger charge is -2.11. The molecule has 1 aromatic carbocycles. The van der Waals surface area contributed by atoms with Gasteiger partial charge in [0.2, 0.25) is 0 Å². The molecule has 0 bridgehead atoms. The van der Waals surface area contributed by atoms with Crippen LogP contribution in [0.25, 0.3) is 11.0 Å². The highest BCUT2D eigenvalue weighted by atomic mass is 15.0. The second-order valence-corrected chi connectivity index (χ2v) is 5.50. The maximum atomic E-state index is 4.31. The van der Waals surface area contributed by atoms with Gasteiger partial charge in [0.25, 0.3) is 0 Å². The number of nitrogens with one attached hydrogen (secondary N) is 2. The molecule has 2 aromatic heterocycles. The Hall–Kier alpha value is -2.33. The number of H-pyrrole nitrogens is 1. The molecular formula is C17H20N4. The molecule has 2 N–H and O–H groups in total. The van der Waals surface area contributed by atoms with Crippen LogP contribution in [0.2, 0.25) is 0 Å². The van der Waals surface area contributed by atoms with Crippen LogP contribution in [0.1, 0.15) is 11.1 Å². The van der Waals surface area contributed by atoms with E-state index in [0.29, 0.717) is 0 Å². The minimum atomic E-state index is 0.790.